The third-order valence-corrected chi connectivity index (χ3v) is 3.42. The third kappa shape index (κ3) is 4.21. The number of ether oxygens (including phenoxy) is 2. The largest absolute Gasteiger partial charge is 0.479 e. The zero-order valence-corrected chi connectivity index (χ0v) is 13.2. The molecule has 0 bridgehead atoms. The minimum Gasteiger partial charge on any atom is -0.479 e. The average Bonchev–Trinajstić information content (AvgIpc) is 2.98. The summed E-state index contributed by atoms with van der Waals surface area (Å²) in [6.07, 6.45) is -1.45. The Kier molecular flexibility index (Phi) is 5.56. The highest BCUT2D eigenvalue weighted by atomic mass is 16.6. The van der Waals surface area contributed by atoms with Crippen molar-refractivity contribution in [1.29, 1.82) is 0 Å². The van der Waals surface area contributed by atoms with Crippen LogP contribution in [0.4, 0.5) is 4.79 Å². The van der Waals surface area contributed by atoms with Gasteiger partial charge in [-0.2, -0.15) is 0 Å². The maximum atomic E-state index is 12.2. The summed E-state index contributed by atoms with van der Waals surface area (Å²) in [5.74, 6) is -0.617. The van der Waals surface area contributed by atoms with Gasteiger partial charge in [0.25, 0.3) is 5.91 Å². The number of urea groups is 1. The van der Waals surface area contributed by atoms with E-state index in [0.717, 1.165) is 4.90 Å². The lowest BCUT2D eigenvalue weighted by Crippen LogP contribution is -2.43. The number of rotatable bonds is 6. The van der Waals surface area contributed by atoms with Gasteiger partial charge in [-0.05, 0) is 25.5 Å². The second-order valence-corrected chi connectivity index (χ2v) is 5.13. The van der Waals surface area contributed by atoms with Crippen LogP contribution in [0.5, 0.6) is 5.75 Å². The van der Waals surface area contributed by atoms with Crippen molar-refractivity contribution in [3.63, 3.8) is 0 Å². The first-order valence-electron chi connectivity index (χ1n) is 7.54. The Morgan fingerprint density at radius 2 is 2.00 bits per heavy atom. The summed E-state index contributed by atoms with van der Waals surface area (Å²) in [5, 5.41) is 2.53. The van der Waals surface area contributed by atoms with Gasteiger partial charge in [-0.3, -0.25) is 9.69 Å². The number of carbonyl (C=O) groups excluding carboxylic acids is 3. The van der Waals surface area contributed by atoms with E-state index in [1.807, 2.05) is 6.07 Å². The summed E-state index contributed by atoms with van der Waals surface area (Å²) in [6.45, 7) is 3.91. The molecule has 1 fully saturated rings. The fraction of sp³-hybridized carbons (Fsp3) is 0.438. The smallest absolute Gasteiger partial charge is 0.348 e. The van der Waals surface area contributed by atoms with Crippen molar-refractivity contribution in [1.82, 2.24) is 10.2 Å². The van der Waals surface area contributed by atoms with E-state index in [-0.39, 0.29) is 6.54 Å². The predicted molar refractivity (Wildman–Crippen MR) is 81.8 cm³/mol. The number of amides is 3. The summed E-state index contributed by atoms with van der Waals surface area (Å²) < 4.78 is 10.7. The number of nitrogens with one attached hydrogen (secondary N) is 1. The van der Waals surface area contributed by atoms with Gasteiger partial charge in [0.1, 0.15) is 5.75 Å². The molecule has 0 radical (unpaired) electrons. The maximum absolute atomic E-state index is 12.2. The highest BCUT2D eigenvalue weighted by molar-refractivity contribution is 5.98. The number of esters is 1. The molecule has 0 aliphatic carbocycles. The van der Waals surface area contributed by atoms with Crippen LogP contribution in [0.1, 0.15) is 20.3 Å². The third-order valence-electron chi connectivity index (χ3n) is 3.42. The number of hydrogen-bond acceptors (Lipinski definition) is 5. The van der Waals surface area contributed by atoms with Crippen molar-refractivity contribution in [3.05, 3.63) is 30.3 Å². The quantitative estimate of drug-likeness (QED) is 0.799. The number of benzene rings is 1. The van der Waals surface area contributed by atoms with E-state index < -0.39 is 30.1 Å². The van der Waals surface area contributed by atoms with Crippen molar-refractivity contribution in [3.8, 4) is 5.75 Å². The molecule has 3 amide bonds. The Labute approximate surface area is 134 Å². The van der Waals surface area contributed by atoms with E-state index in [2.05, 4.69) is 5.32 Å². The van der Waals surface area contributed by atoms with Crippen LogP contribution in [0, 0.1) is 0 Å². The predicted octanol–water partition coefficient (Wildman–Crippen LogP) is 1.33. The molecule has 2 atom stereocenters. The highest BCUT2D eigenvalue weighted by Gasteiger charge is 2.33. The maximum Gasteiger partial charge on any atom is 0.348 e. The van der Waals surface area contributed by atoms with Gasteiger partial charge in [0.05, 0.1) is 0 Å². The van der Waals surface area contributed by atoms with Crippen LogP contribution in [0.15, 0.2) is 30.3 Å². The van der Waals surface area contributed by atoms with Crippen molar-refractivity contribution in [2.45, 2.75) is 32.5 Å². The van der Waals surface area contributed by atoms with Gasteiger partial charge in [-0.25, -0.2) is 9.59 Å². The molecule has 1 N–H and O–H groups in total. The Bertz CT molecular complexity index is 575. The first-order valence-corrected chi connectivity index (χ1v) is 7.54. The van der Waals surface area contributed by atoms with E-state index in [0.29, 0.717) is 18.7 Å². The molecule has 1 aromatic carbocycles. The van der Waals surface area contributed by atoms with Crippen LogP contribution >= 0.6 is 0 Å². The van der Waals surface area contributed by atoms with Gasteiger partial charge >= 0.3 is 12.0 Å². The van der Waals surface area contributed by atoms with Crippen molar-refractivity contribution >= 4 is 17.9 Å². The summed E-state index contributed by atoms with van der Waals surface area (Å²) in [7, 11) is 0. The molecule has 1 aliphatic heterocycles. The van der Waals surface area contributed by atoms with E-state index in [1.165, 1.54) is 6.92 Å². The summed E-state index contributed by atoms with van der Waals surface area (Å²) in [4.78, 5) is 36.8. The lowest BCUT2D eigenvalue weighted by Gasteiger charge is -2.21. The Hall–Kier alpha value is -2.57. The molecule has 1 saturated heterocycles. The van der Waals surface area contributed by atoms with Crippen molar-refractivity contribution in [2.75, 3.05) is 13.1 Å². The van der Waals surface area contributed by atoms with E-state index in [4.69, 9.17) is 9.47 Å². The standard InChI is InChI=1S/C16H20N2O5/c1-3-13(23-12-7-5-4-6-8-12)15(20)22-11(2)14(19)18-10-9-17-16(18)21/h4-8,11,13H,3,9-10H2,1-2H3,(H,17,21)/t11-,13-/m0/s1. The number of carbonyl (C=O) groups is 3. The van der Waals surface area contributed by atoms with Gasteiger partial charge in [0.2, 0.25) is 0 Å². The molecule has 7 heteroatoms. The second kappa shape index (κ2) is 7.62. The molecule has 7 nitrogen and oxygen atoms in total. The first kappa shape index (κ1) is 16.8. The van der Waals surface area contributed by atoms with E-state index in [9.17, 15) is 14.4 Å². The molecule has 23 heavy (non-hydrogen) atoms. The van der Waals surface area contributed by atoms with Gasteiger partial charge in [-0.1, -0.05) is 25.1 Å². The molecule has 0 spiro atoms. The topological polar surface area (TPSA) is 84.9 Å². The van der Waals surface area contributed by atoms with Gasteiger partial charge < -0.3 is 14.8 Å². The van der Waals surface area contributed by atoms with Gasteiger partial charge in [-0.15, -0.1) is 0 Å². The molecule has 124 valence electrons. The summed E-state index contributed by atoms with van der Waals surface area (Å²) >= 11 is 0. The number of hydrogen-bond donors (Lipinski definition) is 1. The fourth-order valence-electron chi connectivity index (χ4n) is 2.16. The van der Waals surface area contributed by atoms with Gasteiger partial charge in [0.15, 0.2) is 12.2 Å². The second-order valence-electron chi connectivity index (χ2n) is 5.13. The lowest BCUT2D eigenvalue weighted by atomic mass is 10.2. The van der Waals surface area contributed by atoms with Crippen molar-refractivity contribution < 1.29 is 23.9 Å². The molecular weight excluding hydrogens is 300 g/mol. The number of para-hydroxylation sites is 1. The normalized spacial score (nSPS) is 16.4. The van der Waals surface area contributed by atoms with Crippen LogP contribution in [0.3, 0.4) is 0 Å². The molecule has 1 heterocycles. The van der Waals surface area contributed by atoms with Crippen LogP contribution in [-0.2, 0) is 14.3 Å². The minimum atomic E-state index is -1.04. The summed E-state index contributed by atoms with van der Waals surface area (Å²) in [5.41, 5.74) is 0. The Morgan fingerprint density at radius 3 is 2.57 bits per heavy atom. The lowest BCUT2D eigenvalue weighted by molar-refractivity contribution is -0.163. The van der Waals surface area contributed by atoms with Crippen LogP contribution in [0.2, 0.25) is 0 Å². The van der Waals surface area contributed by atoms with Crippen LogP contribution < -0.4 is 10.1 Å². The molecule has 1 aromatic rings. The average molecular weight is 320 g/mol. The molecule has 1 aliphatic rings. The molecule has 0 aromatic heterocycles. The number of imide groups is 1. The monoisotopic (exact) mass is 320 g/mol. The van der Waals surface area contributed by atoms with E-state index >= 15 is 0 Å². The SMILES string of the molecule is CC[C@H](Oc1ccccc1)C(=O)O[C@@H](C)C(=O)N1CCNC1=O. The van der Waals surface area contributed by atoms with Crippen LogP contribution in [0.25, 0.3) is 0 Å². The highest BCUT2D eigenvalue weighted by Crippen LogP contribution is 2.14. The van der Waals surface area contributed by atoms with Crippen molar-refractivity contribution in [2.24, 2.45) is 0 Å². The fourth-order valence-corrected chi connectivity index (χ4v) is 2.16. The summed E-state index contributed by atoms with van der Waals surface area (Å²) in [6, 6.07) is 8.44. The molecule has 0 saturated carbocycles. The molecule has 2 rings (SSSR count). The number of nitrogens with zero attached hydrogens (tertiary/aromatic N) is 1. The van der Waals surface area contributed by atoms with Crippen LogP contribution in [-0.4, -0.2) is 48.1 Å². The Morgan fingerprint density at radius 1 is 1.30 bits per heavy atom. The zero-order chi connectivity index (χ0) is 16.8. The van der Waals surface area contributed by atoms with E-state index in [1.54, 1.807) is 31.2 Å². The minimum absolute atomic E-state index is 0.275. The molecule has 0 unspecified atom stereocenters. The first-order chi connectivity index (χ1) is 11.0. The zero-order valence-electron chi connectivity index (χ0n) is 13.2. The molecular formula is C16H20N2O5. The van der Waals surface area contributed by atoms with Gasteiger partial charge in [0, 0.05) is 13.1 Å². The Balaban J connectivity index is 1.93.